The zero-order valence-electron chi connectivity index (χ0n) is 25.4. The number of rotatable bonds is 20. The van der Waals surface area contributed by atoms with Crippen LogP contribution in [0.2, 0.25) is 0 Å². The molecule has 0 unspecified atom stereocenters. The largest absolute Gasteiger partial charge is 0.380 e. The zero-order chi connectivity index (χ0) is 25.7. The predicted molar refractivity (Wildman–Crippen MR) is 151 cm³/mol. The van der Waals surface area contributed by atoms with E-state index >= 15 is 0 Å². The first-order valence-electron chi connectivity index (χ1n) is 14.8. The molecule has 0 bridgehead atoms. The molecule has 0 radical (unpaired) electrons. The Labute approximate surface area is 211 Å². The maximum Gasteiger partial charge on any atom is 0.0522 e. The van der Waals surface area contributed by atoms with Gasteiger partial charge in [0.1, 0.15) is 0 Å². The van der Waals surface area contributed by atoms with Crippen molar-refractivity contribution in [2.45, 2.75) is 147 Å². The minimum atomic E-state index is 0.350. The van der Waals surface area contributed by atoms with E-state index in [0.29, 0.717) is 10.8 Å². The van der Waals surface area contributed by atoms with Gasteiger partial charge in [0.05, 0.1) is 13.2 Å². The van der Waals surface area contributed by atoms with Crippen LogP contribution in [0.15, 0.2) is 0 Å². The van der Waals surface area contributed by atoms with Crippen LogP contribution < -0.4 is 0 Å². The van der Waals surface area contributed by atoms with Crippen LogP contribution >= 0.6 is 0 Å². The van der Waals surface area contributed by atoms with Gasteiger partial charge in [0.25, 0.3) is 0 Å². The Balaban J connectivity index is 5.66. The maximum atomic E-state index is 6.90. The summed E-state index contributed by atoms with van der Waals surface area (Å²) in [5.74, 6) is 4.55. The Morgan fingerprint density at radius 2 is 0.636 bits per heavy atom. The van der Waals surface area contributed by atoms with Gasteiger partial charge in [-0.15, -0.1) is 0 Å². The summed E-state index contributed by atoms with van der Waals surface area (Å²) in [7, 11) is 0. The molecule has 0 aliphatic heterocycles. The van der Waals surface area contributed by atoms with Crippen LogP contribution in [-0.4, -0.2) is 13.2 Å². The number of hydrogen-bond acceptors (Lipinski definition) is 1. The number of ether oxygens (including phenoxy) is 1. The van der Waals surface area contributed by atoms with E-state index in [1.165, 1.54) is 64.2 Å². The summed E-state index contributed by atoms with van der Waals surface area (Å²) in [4.78, 5) is 0. The summed E-state index contributed by atoms with van der Waals surface area (Å²) in [6.45, 7) is 30.6. The van der Waals surface area contributed by atoms with E-state index in [0.717, 1.165) is 48.7 Å². The van der Waals surface area contributed by atoms with Crippen molar-refractivity contribution in [1.82, 2.24) is 0 Å². The van der Waals surface area contributed by atoms with Crippen LogP contribution in [0.5, 0.6) is 0 Å². The van der Waals surface area contributed by atoms with Crippen LogP contribution in [0.1, 0.15) is 147 Å². The third-order valence-electron chi connectivity index (χ3n) is 7.51. The van der Waals surface area contributed by atoms with Crippen LogP contribution in [0, 0.1) is 46.3 Å². The highest BCUT2D eigenvalue weighted by molar-refractivity contribution is 4.85. The molecule has 0 aliphatic carbocycles. The molecule has 0 aromatic rings. The summed E-state index contributed by atoms with van der Waals surface area (Å²) < 4.78 is 6.90. The Morgan fingerprint density at radius 1 is 0.394 bits per heavy atom. The molecule has 0 heterocycles. The summed E-state index contributed by atoms with van der Waals surface area (Å²) in [6.07, 6.45) is 13.2. The zero-order valence-corrected chi connectivity index (χ0v) is 25.4. The van der Waals surface area contributed by atoms with Crippen molar-refractivity contribution in [3.8, 4) is 0 Å². The number of hydrogen-bond donors (Lipinski definition) is 0. The third kappa shape index (κ3) is 16.3. The first kappa shape index (κ1) is 33.0. The third-order valence-corrected chi connectivity index (χ3v) is 7.51. The van der Waals surface area contributed by atoms with Gasteiger partial charge in [-0.1, -0.05) is 109 Å². The van der Waals surface area contributed by atoms with Crippen molar-refractivity contribution >= 4 is 0 Å². The fourth-order valence-electron chi connectivity index (χ4n) is 5.66. The molecule has 0 rings (SSSR count). The minimum Gasteiger partial charge on any atom is -0.380 e. The lowest BCUT2D eigenvalue weighted by molar-refractivity contribution is -0.0411. The highest BCUT2D eigenvalue weighted by atomic mass is 16.5. The highest BCUT2D eigenvalue weighted by Crippen LogP contribution is 2.42. The van der Waals surface area contributed by atoms with E-state index in [4.69, 9.17) is 4.74 Å². The van der Waals surface area contributed by atoms with Gasteiger partial charge < -0.3 is 4.74 Å². The molecule has 0 atom stereocenters. The highest BCUT2D eigenvalue weighted by Gasteiger charge is 2.35. The Bertz CT molecular complexity index is 391. The Hall–Kier alpha value is -0.0400. The molecule has 200 valence electrons. The maximum absolute atomic E-state index is 6.90. The quantitative estimate of drug-likeness (QED) is 0.173. The lowest BCUT2D eigenvalue weighted by atomic mass is 9.71. The second kappa shape index (κ2) is 16.6. The standard InChI is InChI=1S/C32H66O/c1-25(2)13-17-31(21-29(9)10,18-14-26(3)4)23-33-24-32(22-30(11)12,19-15-27(5)6)20-16-28(7)8/h25-30H,13-24H2,1-12H3. The van der Waals surface area contributed by atoms with Crippen molar-refractivity contribution in [2.24, 2.45) is 46.3 Å². The summed E-state index contributed by atoms with van der Waals surface area (Å²) >= 11 is 0. The van der Waals surface area contributed by atoms with Crippen LogP contribution in [0.3, 0.4) is 0 Å². The molecule has 0 spiro atoms. The molecule has 0 N–H and O–H groups in total. The van der Waals surface area contributed by atoms with Gasteiger partial charge in [0.2, 0.25) is 0 Å². The second-order valence-corrected chi connectivity index (χ2v) is 14.4. The second-order valence-electron chi connectivity index (χ2n) is 14.4. The molecule has 1 heteroatoms. The van der Waals surface area contributed by atoms with Crippen LogP contribution in [-0.2, 0) is 4.74 Å². The van der Waals surface area contributed by atoms with Crippen molar-refractivity contribution in [1.29, 1.82) is 0 Å². The SMILES string of the molecule is CC(C)CCC(CCC(C)C)(COCC(CCC(C)C)(CCC(C)C)CC(C)C)CC(C)C. The molecule has 0 saturated carbocycles. The van der Waals surface area contributed by atoms with E-state index in [1.54, 1.807) is 0 Å². The van der Waals surface area contributed by atoms with Crippen molar-refractivity contribution < 1.29 is 4.74 Å². The molecule has 0 aromatic heterocycles. The average molecular weight is 467 g/mol. The fraction of sp³-hybridized carbons (Fsp3) is 1.00. The van der Waals surface area contributed by atoms with Crippen molar-refractivity contribution in [3.63, 3.8) is 0 Å². The van der Waals surface area contributed by atoms with Gasteiger partial charge in [0.15, 0.2) is 0 Å². The van der Waals surface area contributed by atoms with E-state index in [2.05, 4.69) is 83.1 Å². The van der Waals surface area contributed by atoms with Gasteiger partial charge in [-0.25, -0.2) is 0 Å². The van der Waals surface area contributed by atoms with Crippen LogP contribution in [0.25, 0.3) is 0 Å². The average Bonchev–Trinajstić information content (AvgIpc) is 2.66. The van der Waals surface area contributed by atoms with Gasteiger partial charge in [-0.2, -0.15) is 0 Å². The molecule has 0 saturated heterocycles. The van der Waals surface area contributed by atoms with Gasteiger partial charge in [0, 0.05) is 0 Å². The normalized spacial score (nSPS) is 13.6. The van der Waals surface area contributed by atoms with Gasteiger partial charge >= 0.3 is 0 Å². The molecule has 0 aromatic carbocycles. The minimum absolute atomic E-state index is 0.350. The summed E-state index contributed by atoms with van der Waals surface area (Å²) in [5.41, 5.74) is 0.699. The molecule has 0 amide bonds. The van der Waals surface area contributed by atoms with E-state index in [1.807, 2.05) is 0 Å². The summed E-state index contributed by atoms with van der Waals surface area (Å²) in [5, 5.41) is 0. The molecule has 0 aliphatic rings. The van der Waals surface area contributed by atoms with Crippen LogP contribution in [0.4, 0.5) is 0 Å². The van der Waals surface area contributed by atoms with Gasteiger partial charge in [-0.05, 0) is 84.9 Å². The summed E-state index contributed by atoms with van der Waals surface area (Å²) in [6, 6.07) is 0. The van der Waals surface area contributed by atoms with Crippen molar-refractivity contribution in [2.75, 3.05) is 13.2 Å². The first-order valence-corrected chi connectivity index (χ1v) is 14.8. The predicted octanol–water partition coefficient (Wildman–Crippen LogP) is 10.8. The first-order chi connectivity index (χ1) is 15.2. The van der Waals surface area contributed by atoms with E-state index in [9.17, 15) is 0 Å². The van der Waals surface area contributed by atoms with Crippen molar-refractivity contribution in [3.05, 3.63) is 0 Å². The Morgan fingerprint density at radius 3 is 0.818 bits per heavy atom. The molecule has 33 heavy (non-hydrogen) atoms. The van der Waals surface area contributed by atoms with E-state index in [-0.39, 0.29) is 0 Å². The van der Waals surface area contributed by atoms with E-state index < -0.39 is 0 Å². The fourth-order valence-corrected chi connectivity index (χ4v) is 5.66. The lowest BCUT2D eigenvalue weighted by Crippen LogP contribution is -2.35. The lowest BCUT2D eigenvalue weighted by Gasteiger charge is -2.40. The molecular weight excluding hydrogens is 400 g/mol. The topological polar surface area (TPSA) is 9.23 Å². The molecule has 0 fully saturated rings. The molecular formula is C32H66O. The smallest absolute Gasteiger partial charge is 0.0522 e. The monoisotopic (exact) mass is 467 g/mol. The van der Waals surface area contributed by atoms with Gasteiger partial charge in [-0.3, -0.25) is 0 Å². The Kier molecular flexibility index (Phi) is 16.6. The molecule has 1 nitrogen and oxygen atoms in total.